The van der Waals surface area contributed by atoms with Gasteiger partial charge in [-0.2, -0.15) is 0 Å². The van der Waals surface area contributed by atoms with E-state index in [-0.39, 0.29) is 0 Å². The molecule has 19 heavy (non-hydrogen) atoms. The fourth-order valence-electron chi connectivity index (χ4n) is 1.42. The van der Waals surface area contributed by atoms with Gasteiger partial charge in [-0.25, -0.2) is 4.98 Å². The summed E-state index contributed by atoms with van der Waals surface area (Å²) in [5.41, 5.74) is 1.77. The highest BCUT2D eigenvalue weighted by Gasteiger charge is 2.01. The molecule has 2 N–H and O–H groups in total. The minimum atomic E-state index is 0.473. The van der Waals surface area contributed by atoms with Crippen molar-refractivity contribution in [3.8, 4) is 0 Å². The predicted octanol–water partition coefficient (Wildman–Crippen LogP) is 3.88. The van der Waals surface area contributed by atoms with Crippen LogP contribution in [-0.2, 0) is 6.54 Å². The lowest BCUT2D eigenvalue weighted by Gasteiger charge is -2.11. The van der Waals surface area contributed by atoms with Crippen LogP contribution in [0.2, 0.25) is 10.2 Å². The lowest BCUT2D eigenvalue weighted by atomic mass is 10.3. The van der Waals surface area contributed by atoms with Crippen LogP contribution in [0.1, 0.15) is 5.56 Å². The molecule has 0 radical (unpaired) electrons. The van der Waals surface area contributed by atoms with Crippen molar-refractivity contribution in [1.82, 2.24) is 10.3 Å². The Balaban J connectivity index is 1.88. The summed E-state index contributed by atoms with van der Waals surface area (Å²) in [6.45, 7) is 0.570. The molecule has 0 amide bonds. The zero-order valence-corrected chi connectivity index (χ0v) is 12.2. The molecule has 0 aliphatic carbocycles. The first-order valence-corrected chi connectivity index (χ1v) is 6.71. The number of hydrogen-bond acceptors (Lipinski definition) is 2. The van der Waals surface area contributed by atoms with Gasteiger partial charge in [-0.05, 0) is 36.0 Å². The molecular formula is C13H11Cl2N3S. The molecule has 2 rings (SSSR count). The SMILES string of the molecule is S=C(NCc1ccc(Cl)nc1)Nc1ccccc1Cl. The summed E-state index contributed by atoms with van der Waals surface area (Å²) in [4.78, 5) is 4.00. The standard InChI is InChI=1S/C13H11Cl2N3S/c14-10-3-1-2-4-11(10)18-13(19)17-8-9-5-6-12(15)16-7-9/h1-7H,8H2,(H2,17,18,19). The lowest BCUT2D eigenvalue weighted by molar-refractivity contribution is 0.917. The van der Waals surface area contributed by atoms with Crippen molar-refractivity contribution in [2.75, 3.05) is 5.32 Å². The second-order valence-electron chi connectivity index (χ2n) is 3.78. The second kappa shape index (κ2) is 6.70. The topological polar surface area (TPSA) is 37.0 Å². The highest BCUT2D eigenvalue weighted by atomic mass is 35.5. The molecule has 0 unspecified atom stereocenters. The highest BCUT2D eigenvalue weighted by Crippen LogP contribution is 2.20. The zero-order valence-electron chi connectivity index (χ0n) is 9.86. The van der Waals surface area contributed by atoms with Crippen molar-refractivity contribution in [3.63, 3.8) is 0 Å². The van der Waals surface area contributed by atoms with Crippen LogP contribution in [0.3, 0.4) is 0 Å². The number of para-hydroxylation sites is 1. The zero-order chi connectivity index (χ0) is 13.7. The van der Waals surface area contributed by atoms with E-state index in [1.165, 1.54) is 0 Å². The summed E-state index contributed by atoms with van der Waals surface area (Å²) in [5, 5.41) is 7.71. The van der Waals surface area contributed by atoms with Crippen LogP contribution < -0.4 is 10.6 Å². The number of nitrogens with one attached hydrogen (secondary N) is 2. The van der Waals surface area contributed by atoms with E-state index in [1.54, 1.807) is 18.3 Å². The molecular weight excluding hydrogens is 301 g/mol. The first-order chi connectivity index (χ1) is 9.15. The van der Waals surface area contributed by atoms with E-state index in [0.29, 0.717) is 21.8 Å². The molecule has 0 fully saturated rings. The first kappa shape index (κ1) is 14.1. The van der Waals surface area contributed by atoms with Crippen molar-refractivity contribution in [1.29, 1.82) is 0 Å². The molecule has 0 atom stereocenters. The lowest BCUT2D eigenvalue weighted by Crippen LogP contribution is -2.28. The van der Waals surface area contributed by atoms with Gasteiger partial charge in [0.2, 0.25) is 0 Å². The van der Waals surface area contributed by atoms with Crippen LogP contribution in [0.5, 0.6) is 0 Å². The van der Waals surface area contributed by atoms with Gasteiger partial charge in [-0.1, -0.05) is 41.4 Å². The number of aromatic nitrogens is 1. The fraction of sp³-hybridized carbons (Fsp3) is 0.0769. The van der Waals surface area contributed by atoms with Gasteiger partial charge in [0.05, 0.1) is 10.7 Å². The minimum Gasteiger partial charge on any atom is -0.358 e. The van der Waals surface area contributed by atoms with Crippen molar-refractivity contribution in [2.24, 2.45) is 0 Å². The summed E-state index contributed by atoms with van der Waals surface area (Å²) in [6.07, 6.45) is 1.70. The summed E-state index contributed by atoms with van der Waals surface area (Å²) < 4.78 is 0. The molecule has 6 heteroatoms. The number of benzene rings is 1. The number of rotatable bonds is 3. The molecule has 98 valence electrons. The van der Waals surface area contributed by atoms with E-state index >= 15 is 0 Å². The fourth-order valence-corrected chi connectivity index (χ4v) is 1.90. The quantitative estimate of drug-likeness (QED) is 0.666. The Hall–Kier alpha value is -1.36. The summed E-state index contributed by atoms with van der Waals surface area (Å²) >= 11 is 16.9. The first-order valence-electron chi connectivity index (χ1n) is 5.55. The van der Waals surface area contributed by atoms with Crippen molar-refractivity contribution < 1.29 is 0 Å². The van der Waals surface area contributed by atoms with Crippen molar-refractivity contribution in [2.45, 2.75) is 6.54 Å². The van der Waals surface area contributed by atoms with Gasteiger partial charge in [0.1, 0.15) is 5.15 Å². The Morgan fingerprint density at radius 1 is 1.16 bits per heavy atom. The average molecular weight is 312 g/mol. The van der Waals surface area contributed by atoms with Crippen LogP contribution in [0.15, 0.2) is 42.6 Å². The Labute approximate surface area is 127 Å². The van der Waals surface area contributed by atoms with E-state index in [0.717, 1.165) is 11.3 Å². The maximum Gasteiger partial charge on any atom is 0.171 e. The van der Waals surface area contributed by atoms with Crippen molar-refractivity contribution >= 4 is 46.2 Å². The Morgan fingerprint density at radius 3 is 2.63 bits per heavy atom. The average Bonchev–Trinajstić information content (AvgIpc) is 2.41. The van der Waals surface area contributed by atoms with Crippen LogP contribution >= 0.6 is 35.4 Å². The Bertz CT molecular complexity index is 572. The van der Waals surface area contributed by atoms with Crippen LogP contribution in [-0.4, -0.2) is 10.1 Å². The number of anilines is 1. The molecule has 0 aliphatic rings. The van der Waals surface area contributed by atoms with Gasteiger partial charge < -0.3 is 10.6 Å². The van der Waals surface area contributed by atoms with E-state index < -0.39 is 0 Å². The normalized spacial score (nSPS) is 10.0. The third-order valence-electron chi connectivity index (χ3n) is 2.36. The van der Waals surface area contributed by atoms with E-state index in [1.807, 2.05) is 24.3 Å². The number of nitrogens with zero attached hydrogens (tertiary/aromatic N) is 1. The van der Waals surface area contributed by atoms with Crippen LogP contribution in [0, 0.1) is 0 Å². The molecule has 1 heterocycles. The van der Waals surface area contributed by atoms with Gasteiger partial charge in [0, 0.05) is 12.7 Å². The monoisotopic (exact) mass is 311 g/mol. The maximum absolute atomic E-state index is 6.03. The van der Waals surface area contributed by atoms with Crippen LogP contribution in [0.25, 0.3) is 0 Å². The number of hydrogen-bond donors (Lipinski definition) is 2. The Kier molecular flexibility index (Phi) is 4.96. The predicted molar refractivity (Wildman–Crippen MR) is 83.8 cm³/mol. The summed E-state index contributed by atoms with van der Waals surface area (Å²) in [6, 6.07) is 11.0. The molecule has 0 spiro atoms. The molecule has 2 aromatic rings. The number of thiocarbonyl (C=S) groups is 1. The van der Waals surface area contributed by atoms with Gasteiger partial charge in [-0.15, -0.1) is 0 Å². The molecule has 0 saturated carbocycles. The molecule has 0 bridgehead atoms. The van der Waals surface area contributed by atoms with E-state index in [4.69, 9.17) is 35.4 Å². The smallest absolute Gasteiger partial charge is 0.171 e. The summed E-state index contributed by atoms with van der Waals surface area (Å²) in [5.74, 6) is 0. The summed E-state index contributed by atoms with van der Waals surface area (Å²) in [7, 11) is 0. The molecule has 0 saturated heterocycles. The van der Waals surface area contributed by atoms with Gasteiger partial charge in [-0.3, -0.25) is 0 Å². The molecule has 1 aromatic carbocycles. The molecule has 1 aromatic heterocycles. The van der Waals surface area contributed by atoms with Gasteiger partial charge in [0.25, 0.3) is 0 Å². The molecule has 3 nitrogen and oxygen atoms in total. The van der Waals surface area contributed by atoms with Gasteiger partial charge >= 0.3 is 0 Å². The van der Waals surface area contributed by atoms with E-state index in [2.05, 4.69) is 15.6 Å². The highest BCUT2D eigenvalue weighted by molar-refractivity contribution is 7.80. The van der Waals surface area contributed by atoms with Crippen LogP contribution in [0.4, 0.5) is 5.69 Å². The van der Waals surface area contributed by atoms with Crippen molar-refractivity contribution in [3.05, 3.63) is 58.3 Å². The maximum atomic E-state index is 6.03. The second-order valence-corrected chi connectivity index (χ2v) is 4.98. The molecule has 0 aliphatic heterocycles. The van der Waals surface area contributed by atoms with E-state index in [9.17, 15) is 0 Å². The third-order valence-corrected chi connectivity index (χ3v) is 3.16. The number of halogens is 2. The number of pyridine rings is 1. The Morgan fingerprint density at radius 2 is 1.95 bits per heavy atom. The van der Waals surface area contributed by atoms with Gasteiger partial charge in [0.15, 0.2) is 5.11 Å². The minimum absolute atomic E-state index is 0.473. The largest absolute Gasteiger partial charge is 0.358 e. The third kappa shape index (κ3) is 4.35.